The van der Waals surface area contributed by atoms with Crippen LogP contribution in [0.15, 0.2) is 0 Å². The van der Waals surface area contributed by atoms with Gasteiger partial charge in [-0.25, -0.2) is 0 Å². The molecule has 0 unspecified atom stereocenters. The smallest absolute Gasteiger partial charge is 1.00 e. The first-order chi connectivity index (χ1) is 1.41. The number of hydrogen-bond donors (Lipinski definition) is 0. The summed E-state index contributed by atoms with van der Waals surface area (Å²) in [5.41, 5.74) is 0. The average molecular weight is 202 g/mol. The maximum Gasteiger partial charge on any atom is 4.00 e. The molecule has 0 saturated heterocycles. The average Bonchev–Trinajstić information content (AvgIpc) is 0.918. The standard InChI is InChI=1S/C2H5O.3ClH.V/c1-2-3;;;;/h2H2,1H3;3*1H;/q-1;;;;+4/p-3. The minimum atomic E-state index is 0. The van der Waals surface area contributed by atoms with Crippen LogP contribution in [0.2, 0.25) is 0 Å². The largest absolute Gasteiger partial charge is 4.00 e. The third kappa shape index (κ3) is 109. The molecule has 0 amide bonds. The van der Waals surface area contributed by atoms with Gasteiger partial charge in [-0.05, 0) is 0 Å². The van der Waals surface area contributed by atoms with Gasteiger partial charge in [0, 0.05) is 0 Å². The summed E-state index contributed by atoms with van der Waals surface area (Å²) in [6.07, 6.45) is 0. The zero-order chi connectivity index (χ0) is 2.71. The van der Waals surface area contributed by atoms with Gasteiger partial charge in [0.2, 0.25) is 0 Å². The van der Waals surface area contributed by atoms with Gasteiger partial charge >= 0.3 is 18.6 Å². The molecule has 1 nitrogen and oxygen atoms in total. The van der Waals surface area contributed by atoms with Crippen molar-refractivity contribution < 1.29 is 60.9 Å². The Morgan fingerprint density at radius 3 is 1.14 bits per heavy atom. The summed E-state index contributed by atoms with van der Waals surface area (Å²) in [5, 5.41) is 8.93. The molecule has 0 rings (SSSR count). The summed E-state index contributed by atoms with van der Waals surface area (Å²) < 4.78 is 0. The second kappa shape index (κ2) is 52.3. The van der Waals surface area contributed by atoms with Crippen molar-refractivity contribution in [2.75, 3.05) is 6.61 Å². The molecule has 0 atom stereocenters. The van der Waals surface area contributed by atoms with Crippen LogP contribution in [0, 0.1) is 0 Å². The first-order valence-corrected chi connectivity index (χ1v) is 0.996. The molecule has 0 aliphatic carbocycles. The third-order valence-corrected chi connectivity index (χ3v) is 0. The fourth-order valence-corrected chi connectivity index (χ4v) is 0. The first kappa shape index (κ1) is 39.7. The van der Waals surface area contributed by atoms with E-state index in [9.17, 15) is 0 Å². The predicted molar refractivity (Wildman–Crippen MR) is 10.5 cm³/mol. The first-order valence-electron chi connectivity index (χ1n) is 0.996. The molecule has 0 saturated carbocycles. The Bertz CT molecular complexity index is 12.9. The van der Waals surface area contributed by atoms with E-state index in [0.29, 0.717) is 0 Å². The van der Waals surface area contributed by atoms with Gasteiger partial charge in [0.25, 0.3) is 0 Å². The molecule has 0 heterocycles. The van der Waals surface area contributed by atoms with Crippen LogP contribution < -0.4 is 42.3 Å². The zero-order valence-corrected chi connectivity index (χ0v) is 7.36. The van der Waals surface area contributed by atoms with Crippen LogP contribution in [0.5, 0.6) is 0 Å². The second-order valence-electron chi connectivity index (χ2n) is 0.289. The van der Waals surface area contributed by atoms with Crippen molar-refractivity contribution in [3.8, 4) is 0 Å². The molecule has 1 radical (unpaired) electrons. The summed E-state index contributed by atoms with van der Waals surface area (Å²) >= 11 is 0. The van der Waals surface area contributed by atoms with Gasteiger partial charge in [-0.1, -0.05) is 6.92 Å². The SMILES string of the molecule is CC[O-].[Cl-].[Cl-].[Cl-].[V+4]. The van der Waals surface area contributed by atoms with Crippen molar-refractivity contribution in [3.05, 3.63) is 0 Å². The molecule has 0 aromatic carbocycles. The maximum absolute atomic E-state index is 8.93. The van der Waals surface area contributed by atoms with Crippen molar-refractivity contribution in [3.63, 3.8) is 0 Å². The van der Waals surface area contributed by atoms with E-state index in [1.807, 2.05) is 0 Å². The molecule has 0 fully saturated rings. The molecule has 5 heteroatoms. The summed E-state index contributed by atoms with van der Waals surface area (Å²) in [4.78, 5) is 0. The van der Waals surface area contributed by atoms with E-state index in [0.717, 1.165) is 0 Å². The van der Waals surface area contributed by atoms with E-state index in [1.54, 1.807) is 6.92 Å². The monoisotopic (exact) mass is 201 g/mol. The van der Waals surface area contributed by atoms with E-state index in [-0.39, 0.29) is 62.4 Å². The molecule has 0 spiro atoms. The fourth-order valence-electron chi connectivity index (χ4n) is 0. The van der Waals surface area contributed by atoms with Crippen LogP contribution in [0.25, 0.3) is 0 Å². The van der Waals surface area contributed by atoms with Gasteiger partial charge in [0.05, 0.1) is 0 Å². The minimum Gasteiger partial charge on any atom is -1.00 e. The van der Waals surface area contributed by atoms with E-state index in [4.69, 9.17) is 5.11 Å². The van der Waals surface area contributed by atoms with Crippen LogP contribution in [-0.2, 0) is 18.6 Å². The molecule has 45 valence electrons. The summed E-state index contributed by atoms with van der Waals surface area (Å²) in [7, 11) is 0. The normalized spacial score (nSPS) is 2.57. The Morgan fingerprint density at radius 1 is 1.14 bits per heavy atom. The molecule has 0 aromatic rings. The van der Waals surface area contributed by atoms with Crippen molar-refractivity contribution in [1.29, 1.82) is 0 Å². The van der Waals surface area contributed by atoms with Crippen LogP contribution in [0.4, 0.5) is 0 Å². The van der Waals surface area contributed by atoms with Crippen molar-refractivity contribution in [2.24, 2.45) is 0 Å². The van der Waals surface area contributed by atoms with Crippen molar-refractivity contribution in [1.82, 2.24) is 0 Å². The van der Waals surface area contributed by atoms with Gasteiger partial charge in [0.15, 0.2) is 0 Å². The van der Waals surface area contributed by atoms with Crippen LogP contribution in [0.3, 0.4) is 0 Å². The molecule has 0 aliphatic heterocycles. The van der Waals surface area contributed by atoms with Gasteiger partial charge in [-0.3, -0.25) is 0 Å². The van der Waals surface area contributed by atoms with Crippen LogP contribution in [0.1, 0.15) is 6.92 Å². The van der Waals surface area contributed by atoms with Crippen molar-refractivity contribution >= 4 is 0 Å². The summed E-state index contributed by atoms with van der Waals surface area (Å²) in [5.74, 6) is 0. The van der Waals surface area contributed by atoms with Gasteiger partial charge in [0.1, 0.15) is 0 Å². The second-order valence-corrected chi connectivity index (χ2v) is 0.289. The Balaban J connectivity index is -0.00000000333. The van der Waals surface area contributed by atoms with E-state index in [2.05, 4.69) is 0 Å². The Kier molecular flexibility index (Phi) is 297. The molecular formula is C2H5Cl3OV. The summed E-state index contributed by atoms with van der Waals surface area (Å²) in [6.45, 7) is 1.57. The van der Waals surface area contributed by atoms with E-state index >= 15 is 0 Å². The minimum absolute atomic E-state index is 0. The number of halogens is 3. The quantitative estimate of drug-likeness (QED) is 0.383. The molecule has 0 bridgehead atoms. The topological polar surface area (TPSA) is 23.1 Å². The van der Waals surface area contributed by atoms with Crippen molar-refractivity contribution in [2.45, 2.75) is 6.92 Å². The molecule has 0 aromatic heterocycles. The third-order valence-electron chi connectivity index (χ3n) is 0. The van der Waals surface area contributed by atoms with Gasteiger partial charge in [-0.15, -0.1) is 6.61 Å². The van der Waals surface area contributed by atoms with Crippen LogP contribution in [-0.4, -0.2) is 6.61 Å². The maximum atomic E-state index is 8.93. The molecule has 0 aliphatic rings. The van der Waals surface area contributed by atoms with E-state index < -0.39 is 0 Å². The summed E-state index contributed by atoms with van der Waals surface area (Å²) in [6, 6.07) is 0. The molecule has 7 heavy (non-hydrogen) atoms. The van der Waals surface area contributed by atoms with Gasteiger partial charge < -0.3 is 42.3 Å². The number of rotatable bonds is 0. The van der Waals surface area contributed by atoms with Crippen LogP contribution >= 0.6 is 0 Å². The molecule has 0 N–H and O–H groups in total. The molecular weight excluding hydrogens is 197 g/mol. The van der Waals surface area contributed by atoms with Gasteiger partial charge in [-0.2, -0.15) is 0 Å². The predicted octanol–water partition coefficient (Wildman–Crippen LogP) is -9.62. The number of hydrogen-bond acceptors (Lipinski definition) is 1. The zero-order valence-electron chi connectivity index (χ0n) is 3.70. The Hall–Kier alpha value is 1.41. The Morgan fingerprint density at radius 2 is 1.14 bits per heavy atom. The Labute approximate surface area is 74.4 Å². The fraction of sp³-hybridized carbons (Fsp3) is 1.00. The van der Waals surface area contributed by atoms with E-state index in [1.165, 1.54) is 0 Å².